The third-order valence-corrected chi connectivity index (χ3v) is 2.06. The zero-order chi connectivity index (χ0) is 10.3. The van der Waals surface area contributed by atoms with Gasteiger partial charge in [0.15, 0.2) is 0 Å². The first-order valence-electron chi connectivity index (χ1n) is 4.61. The summed E-state index contributed by atoms with van der Waals surface area (Å²) in [5.41, 5.74) is 0. The molecule has 0 N–H and O–H groups in total. The summed E-state index contributed by atoms with van der Waals surface area (Å²) >= 11 is 0. The molecular weight excluding hydrogens is 166 g/mol. The lowest BCUT2D eigenvalue weighted by Gasteiger charge is -2.22. The van der Waals surface area contributed by atoms with Crippen molar-refractivity contribution in [2.45, 2.75) is 33.2 Å². The molecule has 0 aromatic rings. The van der Waals surface area contributed by atoms with Gasteiger partial charge in [0.2, 0.25) is 0 Å². The number of rotatable bonds is 5. The molecular formula is C10H19NO2. The number of carbonyl (C=O) groups excluding carboxylic acids is 1. The molecule has 1 atom stereocenters. The van der Waals surface area contributed by atoms with Crippen LogP contribution in [0.15, 0.2) is 12.2 Å². The summed E-state index contributed by atoms with van der Waals surface area (Å²) in [6, 6.07) is 0.443. The minimum Gasteiger partial charge on any atom is -0.446 e. The van der Waals surface area contributed by atoms with Crippen LogP contribution >= 0.6 is 0 Å². The first-order chi connectivity index (χ1) is 6.11. The van der Waals surface area contributed by atoms with Gasteiger partial charge in [-0.15, -0.1) is 0 Å². The van der Waals surface area contributed by atoms with Crippen LogP contribution < -0.4 is 0 Å². The number of hydrogen-bond acceptors (Lipinski definition) is 3. The molecule has 3 nitrogen and oxygen atoms in total. The lowest BCUT2D eigenvalue weighted by Crippen LogP contribution is -2.31. The fourth-order valence-corrected chi connectivity index (χ4v) is 0.789. The van der Waals surface area contributed by atoms with Crippen LogP contribution in [0.3, 0.4) is 0 Å². The predicted molar refractivity (Wildman–Crippen MR) is 53.3 cm³/mol. The van der Waals surface area contributed by atoms with Gasteiger partial charge in [0.1, 0.15) is 6.73 Å². The first-order valence-corrected chi connectivity index (χ1v) is 4.61. The quantitative estimate of drug-likeness (QED) is 0.371. The SMILES string of the molecule is C/C=C/C(=O)OCN(C)C(C)CC. The smallest absolute Gasteiger partial charge is 0.331 e. The summed E-state index contributed by atoms with van der Waals surface area (Å²) in [5, 5.41) is 0. The maximum atomic E-state index is 10.9. The van der Waals surface area contributed by atoms with Gasteiger partial charge in [0.05, 0.1) is 0 Å². The van der Waals surface area contributed by atoms with Crippen LogP contribution in [0.25, 0.3) is 0 Å². The van der Waals surface area contributed by atoms with E-state index < -0.39 is 0 Å². The molecule has 13 heavy (non-hydrogen) atoms. The number of allylic oxidation sites excluding steroid dienone is 1. The molecule has 1 unspecified atom stereocenters. The summed E-state index contributed by atoms with van der Waals surface area (Å²) in [7, 11) is 1.94. The van der Waals surface area contributed by atoms with E-state index >= 15 is 0 Å². The fraction of sp³-hybridized carbons (Fsp3) is 0.700. The molecule has 0 radical (unpaired) electrons. The third-order valence-electron chi connectivity index (χ3n) is 2.06. The second-order valence-electron chi connectivity index (χ2n) is 3.11. The number of nitrogens with zero attached hydrogens (tertiary/aromatic N) is 1. The molecule has 0 bridgehead atoms. The highest BCUT2D eigenvalue weighted by atomic mass is 16.5. The lowest BCUT2D eigenvalue weighted by molar-refractivity contribution is -0.142. The van der Waals surface area contributed by atoms with Gasteiger partial charge in [-0.25, -0.2) is 4.79 Å². The van der Waals surface area contributed by atoms with Crippen molar-refractivity contribution >= 4 is 5.97 Å². The van der Waals surface area contributed by atoms with Crippen LogP contribution in [0.4, 0.5) is 0 Å². The molecule has 0 saturated carbocycles. The third kappa shape index (κ3) is 5.42. The van der Waals surface area contributed by atoms with Crippen molar-refractivity contribution < 1.29 is 9.53 Å². The molecule has 76 valence electrons. The van der Waals surface area contributed by atoms with Gasteiger partial charge in [0, 0.05) is 12.1 Å². The van der Waals surface area contributed by atoms with Crippen LogP contribution in [0.1, 0.15) is 27.2 Å². The fourth-order valence-electron chi connectivity index (χ4n) is 0.789. The largest absolute Gasteiger partial charge is 0.446 e. The Morgan fingerprint density at radius 2 is 2.23 bits per heavy atom. The molecule has 0 amide bonds. The second-order valence-corrected chi connectivity index (χ2v) is 3.11. The van der Waals surface area contributed by atoms with Gasteiger partial charge in [-0.1, -0.05) is 13.0 Å². The number of carbonyl (C=O) groups is 1. The maximum absolute atomic E-state index is 10.9. The summed E-state index contributed by atoms with van der Waals surface area (Å²) in [6.07, 6.45) is 4.15. The number of ether oxygens (including phenoxy) is 1. The van der Waals surface area contributed by atoms with Crippen molar-refractivity contribution in [1.29, 1.82) is 0 Å². The van der Waals surface area contributed by atoms with E-state index in [1.807, 2.05) is 11.9 Å². The second kappa shape index (κ2) is 6.66. The summed E-state index contributed by atoms with van der Waals surface area (Å²) in [6.45, 7) is 6.36. The van der Waals surface area contributed by atoms with E-state index in [0.717, 1.165) is 6.42 Å². The van der Waals surface area contributed by atoms with E-state index in [1.165, 1.54) is 6.08 Å². The van der Waals surface area contributed by atoms with Crippen molar-refractivity contribution in [2.24, 2.45) is 0 Å². The van der Waals surface area contributed by atoms with E-state index in [-0.39, 0.29) is 5.97 Å². The lowest BCUT2D eigenvalue weighted by atomic mass is 10.2. The molecule has 0 aliphatic rings. The van der Waals surface area contributed by atoms with Crippen molar-refractivity contribution in [3.05, 3.63) is 12.2 Å². The Bertz CT molecular complexity index is 178. The van der Waals surface area contributed by atoms with Gasteiger partial charge >= 0.3 is 5.97 Å². The Balaban J connectivity index is 3.69. The van der Waals surface area contributed by atoms with Gasteiger partial charge in [0.25, 0.3) is 0 Å². The molecule has 0 rings (SSSR count). The molecule has 0 aliphatic carbocycles. The molecule has 0 fully saturated rings. The van der Waals surface area contributed by atoms with E-state index in [2.05, 4.69) is 13.8 Å². The van der Waals surface area contributed by atoms with Crippen molar-refractivity contribution in [2.75, 3.05) is 13.8 Å². The minimum atomic E-state index is -0.280. The van der Waals surface area contributed by atoms with Gasteiger partial charge < -0.3 is 4.74 Å². The standard InChI is InChI=1S/C10H19NO2/c1-5-7-10(12)13-8-11(4)9(3)6-2/h5,7,9H,6,8H2,1-4H3/b7-5+. The summed E-state index contributed by atoms with van der Waals surface area (Å²) in [4.78, 5) is 12.9. The molecule has 0 aromatic heterocycles. The highest BCUT2D eigenvalue weighted by Crippen LogP contribution is 1.99. The maximum Gasteiger partial charge on any atom is 0.331 e. The van der Waals surface area contributed by atoms with E-state index in [1.54, 1.807) is 13.0 Å². The Labute approximate surface area is 80.4 Å². The zero-order valence-corrected chi connectivity index (χ0v) is 8.91. The first kappa shape index (κ1) is 12.2. The monoisotopic (exact) mass is 185 g/mol. The normalized spacial score (nSPS) is 13.6. The molecule has 0 saturated heterocycles. The molecule has 0 spiro atoms. The average molecular weight is 185 g/mol. The topological polar surface area (TPSA) is 29.5 Å². The Morgan fingerprint density at radius 3 is 2.69 bits per heavy atom. The molecule has 3 heteroatoms. The van der Waals surface area contributed by atoms with E-state index in [0.29, 0.717) is 12.8 Å². The van der Waals surface area contributed by atoms with Crippen LogP contribution in [-0.2, 0) is 9.53 Å². The van der Waals surface area contributed by atoms with Crippen LogP contribution in [0.2, 0.25) is 0 Å². The molecule has 0 aromatic carbocycles. The molecule has 0 aliphatic heterocycles. The van der Waals surface area contributed by atoms with Gasteiger partial charge in [-0.3, -0.25) is 4.90 Å². The summed E-state index contributed by atoms with van der Waals surface area (Å²) in [5.74, 6) is -0.280. The van der Waals surface area contributed by atoms with Crippen LogP contribution in [0.5, 0.6) is 0 Å². The summed E-state index contributed by atoms with van der Waals surface area (Å²) < 4.78 is 4.97. The molecule has 0 heterocycles. The van der Waals surface area contributed by atoms with Crippen LogP contribution in [-0.4, -0.2) is 30.7 Å². The van der Waals surface area contributed by atoms with Crippen molar-refractivity contribution in [3.63, 3.8) is 0 Å². The van der Waals surface area contributed by atoms with Crippen molar-refractivity contribution in [3.8, 4) is 0 Å². The van der Waals surface area contributed by atoms with E-state index in [9.17, 15) is 4.79 Å². The highest BCUT2D eigenvalue weighted by molar-refractivity contribution is 5.81. The zero-order valence-electron chi connectivity index (χ0n) is 8.91. The number of hydrogen-bond donors (Lipinski definition) is 0. The predicted octanol–water partition coefficient (Wildman–Crippen LogP) is 1.79. The Kier molecular flexibility index (Phi) is 6.24. The van der Waals surface area contributed by atoms with Gasteiger partial charge in [-0.2, -0.15) is 0 Å². The van der Waals surface area contributed by atoms with E-state index in [4.69, 9.17) is 4.74 Å². The number of esters is 1. The minimum absolute atomic E-state index is 0.280. The Hall–Kier alpha value is -0.830. The van der Waals surface area contributed by atoms with Crippen molar-refractivity contribution in [1.82, 2.24) is 4.90 Å². The highest BCUT2D eigenvalue weighted by Gasteiger charge is 2.07. The average Bonchev–Trinajstić information content (AvgIpc) is 2.13. The Morgan fingerprint density at radius 1 is 1.62 bits per heavy atom. The van der Waals surface area contributed by atoms with Gasteiger partial charge in [-0.05, 0) is 27.3 Å². The van der Waals surface area contributed by atoms with Crippen LogP contribution in [0, 0.1) is 0 Å².